The van der Waals surface area contributed by atoms with Crippen molar-refractivity contribution in [2.75, 3.05) is 26.8 Å². The van der Waals surface area contributed by atoms with Crippen LogP contribution in [0.4, 0.5) is 13.2 Å². The zero-order valence-corrected chi connectivity index (χ0v) is 21.0. The lowest BCUT2D eigenvalue weighted by Crippen LogP contribution is -2.57. The average molecular weight is 543 g/mol. The first kappa shape index (κ1) is 29.5. The fourth-order valence-corrected chi connectivity index (χ4v) is 4.88. The van der Waals surface area contributed by atoms with Crippen LogP contribution in [0.2, 0.25) is 0 Å². The van der Waals surface area contributed by atoms with Gasteiger partial charge in [0, 0.05) is 24.1 Å². The van der Waals surface area contributed by atoms with Gasteiger partial charge >= 0.3 is 6.18 Å². The number of alkyl halides is 3. The van der Waals surface area contributed by atoms with E-state index < -0.39 is 48.7 Å². The lowest BCUT2D eigenvalue weighted by atomic mass is 9.77. The number of methoxy groups -OCH3 is 1. The molecule has 1 heterocycles. The third kappa shape index (κ3) is 6.48. The Balaban J connectivity index is 2.08. The molecule has 210 valence electrons. The second kappa shape index (κ2) is 12.6. The van der Waals surface area contributed by atoms with Crippen LogP contribution in [0.3, 0.4) is 0 Å². The number of carbonyl (C=O) groups is 2. The van der Waals surface area contributed by atoms with E-state index >= 15 is 0 Å². The van der Waals surface area contributed by atoms with Gasteiger partial charge in [0.05, 0.1) is 32.3 Å². The number of amides is 2. The molecule has 1 aliphatic heterocycles. The molecule has 38 heavy (non-hydrogen) atoms. The van der Waals surface area contributed by atoms with Gasteiger partial charge in [-0.05, 0) is 43.0 Å². The Morgan fingerprint density at radius 3 is 2.61 bits per heavy atom. The van der Waals surface area contributed by atoms with Gasteiger partial charge < -0.3 is 35.0 Å². The van der Waals surface area contributed by atoms with E-state index in [0.717, 1.165) is 0 Å². The first-order valence-corrected chi connectivity index (χ1v) is 12.3. The van der Waals surface area contributed by atoms with Gasteiger partial charge in [-0.25, -0.2) is 0 Å². The van der Waals surface area contributed by atoms with Gasteiger partial charge in [-0.1, -0.05) is 6.08 Å². The average Bonchev–Trinajstić information content (AvgIpc) is 3.27. The molecule has 0 radical (unpaired) electrons. The lowest BCUT2D eigenvalue weighted by molar-refractivity contribution is -0.170. The number of hydrogen-bond donors (Lipinski definition) is 4. The Morgan fingerprint density at radius 2 is 2.00 bits per heavy atom. The molecule has 0 spiro atoms. The Morgan fingerprint density at radius 1 is 1.26 bits per heavy atom. The number of nitrogens with one attached hydrogen (secondary N) is 1. The monoisotopic (exact) mass is 542 g/mol. The van der Waals surface area contributed by atoms with Gasteiger partial charge in [-0.2, -0.15) is 13.2 Å². The molecule has 0 aromatic heterocycles. The third-order valence-corrected chi connectivity index (χ3v) is 6.57. The lowest BCUT2D eigenvalue weighted by Gasteiger charge is -2.41. The molecule has 2 aliphatic rings. The summed E-state index contributed by atoms with van der Waals surface area (Å²) >= 11 is 0. The molecule has 1 aromatic rings. The van der Waals surface area contributed by atoms with Crippen molar-refractivity contribution in [2.24, 2.45) is 0 Å². The number of halogens is 3. The van der Waals surface area contributed by atoms with Gasteiger partial charge in [0.15, 0.2) is 11.5 Å². The second-order valence-corrected chi connectivity index (χ2v) is 9.19. The summed E-state index contributed by atoms with van der Waals surface area (Å²) in [6.07, 6.45) is -3.49. The standard InChI is InChI=1S/C26H33F3N2O7/c1-3-4-5-6-7-20(34)31(14-26(27,28)29)18-12-17(25(36)30-8-9-32)21-16-10-15(13-33)11-19(37-2)23(16)38-24(21)22(18)35/h3,10-12,18,21-22,24,32-33,35H,1,4-9,13-14H2,2H3,(H,30,36). The van der Waals surface area contributed by atoms with Crippen molar-refractivity contribution in [3.8, 4) is 11.5 Å². The molecule has 12 heteroatoms. The molecular formula is C26H33F3N2O7. The topological polar surface area (TPSA) is 129 Å². The van der Waals surface area contributed by atoms with Crippen LogP contribution in [-0.2, 0) is 16.2 Å². The van der Waals surface area contributed by atoms with Crippen molar-refractivity contribution < 1.29 is 47.6 Å². The highest BCUT2D eigenvalue weighted by atomic mass is 19.4. The molecular weight excluding hydrogens is 509 g/mol. The fraction of sp³-hybridized carbons (Fsp3) is 0.538. The Labute approximate surface area is 218 Å². The summed E-state index contributed by atoms with van der Waals surface area (Å²) in [7, 11) is 1.36. The first-order valence-electron chi connectivity index (χ1n) is 12.3. The van der Waals surface area contributed by atoms with E-state index in [4.69, 9.17) is 9.47 Å². The Hall–Kier alpha value is -3.09. The number of ether oxygens (including phenoxy) is 2. The zero-order chi connectivity index (χ0) is 28.0. The molecule has 0 saturated heterocycles. The molecule has 4 N–H and O–H groups in total. The quantitative estimate of drug-likeness (QED) is 0.235. The number of allylic oxidation sites excluding steroid dienone is 1. The number of unbranched alkanes of at least 4 members (excludes halogenated alkanes) is 2. The van der Waals surface area contributed by atoms with E-state index in [2.05, 4.69) is 11.9 Å². The number of hydrogen-bond acceptors (Lipinski definition) is 7. The van der Waals surface area contributed by atoms with Gasteiger partial charge in [0.25, 0.3) is 0 Å². The highest BCUT2D eigenvalue weighted by molar-refractivity contribution is 5.96. The van der Waals surface area contributed by atoms with Crippen molar-refractivity contribution in [1.29, 1.82) is 0 Å². The summed E-state index contributed by atoms with van der Waals surface area (Å²) < 4.78 is 52.1. The minimum atomic E-state index is -4.76. The highest BCUT2D eigenvalue weighted by Crippen LogP contribution is 2.51. The van der Waals surface area contributed by atoms with Crippen molar-refractivity contribution in [3.63, 3.8) is 0 Å². The third-order valence-electron chi connectivity index (χ3n) is 6.57. The first-order chi connectivity index (χ1) is 18.1. The SMILES string of the molecule is C=CCCCCC(=O)N(CC(F)(F)F)C1C=C(C(=O)NCCO)C2c3cc(CO)cc(OC)c3OC2C1O. The minimum Gasteiger partial charge on any atom is -0.493 e. The molecule has 1 aliphatic carbocycles. The minimum absolute atomic E-state index is 0.0266. The van der Waals surface area contributed by atoms with E-state index in [-0.39, 0.29) is 43.3 Å². The maximum absolute atomic E-state index is 13.6. The Kier molecular flexibility index (Phi) is 9.80. The molecule has 3 rings (SSSR count). The van der Waals surface area contributed by atoms with Crippen LogP contribution in [0.15, 0.2) is 36.4 Å². The van der Waals surface area contributed by atoms with Crippen LogP contribution in [-0.4, -0.2) is 83.3 Å². The van der Waals surface area contributed by atoms with Gasteiger partial charge in [0.2, 0.25) is 11.8 Å². The molecule has 2 amide bonds. The summed E-state index contributed by atoms with van der Waals surface area (Å²) in [4.78, 5) is 26.7. The van der Waals surface area contributed by atoms with E-state index in [0.29, 0.717) is 35.3 Å². The molecule has 4 unspecified atom stereocenters. The summed E-state index contributed by atoms with van der Waals surface area (Å²) in [5, 5.41) is 32.7. The molecule has 9 nitrogen and oxygen atoms in total. The maximum atomic E-state index is 13.6. The maximum Gasteiger partial charge on any atom is 0.406 e. The number of aliphatic hydroxyl groups is 3. The predicted octanol–water partition coefficient (Wildman–Crippen LogP) is 1.95. The predicted molar refractivity (Wildman–Crippen MR) is 130 cm³/mol. The number of aliphatic hydroxyl groups excluding tert-OH is 3. The molecule has 0 bridgehead atoms. The fourth-order valence-electron chi connectivity index (χ4n) is 4.88. The van der Waals surface area contributed by atoms with Gasteiger partial charge in [-0.15, -0.1) is 6.58 Å². The summed E-state index contributed by atoms with van der Waals surface area (Å²) in [5.41, 5.74) is 0.811. The number of nitrogens with zero attached hydrogens (tertiary/aromatic N) is 1. The molecule has 0 fully saturated rings. The van der Waals surface area contributed by atoms with E-state index in [9.17, 15) is 38.1 Å². The van der Waals surface area contributed by atoms with Crippen molar-refractivity contribution >= 4 is 11.8 Å². The number of carbonyl (C=O) groups excluding carboxylic acids is 2. The summed E-state index contributed by atoms with van der Waals surface area (Å²) in [5.74, 6) is -2.05. The number of rotatable bonds is 12. The van der Waals surface area contributed by atoms with Crippen LogP contribution in [0.25, 0.3) is 0 Å². The molecule has 4 atom stereocenters. The van der Waals surface area contributed by atoms with E-state index in [1.807, 2.05) is 0 Å². The summed E-state index contributed by atoms with van der Waals surface area (Å²) in [6.45, 7) is 1.10. The van der Waals surface area contributed by atoms with Crippen molar-refractivity contribution in [2.45, 2.75) is 62.6 Å². The highest BCUT2D eigenvalue weighted by Gasteiger charge is 2.52. The number of fused-ring (bicyclic) bond motifs is 3. The smallest absolute Gasteiger partial charge is 0.406 e. The molecule has 0 saturated carbocycles. The zero-order valence-electron chi connectivity index (χ0n) is 21.0. The van der Waals surface area contributed by atoms with Crippen LogP contribution in [0.5, 0.6) is 11.5 Å². The van der Waals surface area contributed by atoms with Crippen LogP contribution in [0.1, 0.15) is 42.7 Å². The van der Waals surface area contributed by atoms with Crippen molar-refractivity contribution in [3.05, 3.63) is 47.6 Å². The Bertz CT molecular complexity index is 1060. The van der Waals surface area contributed by atoms with Gasteiger partial charge in [-0.3, -0.25) is 9.59 Å². The van der Waals surface area contributed by atoms with E-state index in [1.54, 1.807) is 12.1 Å². The van der Waals surface area contributed by atoms with Crippen LogP contribution >= 0.6 is 0 Å². The van der Waals surface area contributed by atoms with Gasteiger partial charge in [0.1, 0.15) is 18.8 Å². The van der Waals surface area contributed by atoms with E-state index in [1.165, 1.54) is 19.3 Å². The summed E-state index contributed by atoms with van der Waals surface area (Å²) in [6, 6.07) is 1.57. The molecule has 1 aromatic carbocycles. The van der Waals surface area contributed by atoms with Crippen molar-refractivity contribution in [1.82, 2.24) is 10.2 Å². The van der Waals surface area contributed by atoms with Crippen LogP contribution in [0, 0.1) is 0 Å². The number of benzene rings is 1. The largest absolute Gasteiger partial charge is 0.493 e. The second-order valence-electron chi connectivity index (χ2n) is 9.19. The normalized spacial score (nSPS) is 22.0. The van der Waals surface area contributed by atoms with Crippen LogP contribution < -0.4 is 14.8 Å².